The summed E-state index contributed by atoms with van der Waals surface area (Å²) in [5.74, 6) is -0.117. The molecule has 0 saturated carbocycles. The molecule has 1 aromatic carbocycles. The molecular weight excluding hydrogens is 238 g/mol. The molecule has 3 rings (SSSR count). The summed E-state index contributed by atoms with van der Waals surface area (Å²) in [5.41, 5.74) is 5.88. The summed E-state index contributed by atoms with van der Waals surface area (Å²) in [6, 6.07) is 5.91. The highest BCUT2D eigenvalue weighted by Crippen LogP contribution is 2.24. The number of carbonyl (C=O) groups excluding carboxylic acids is 1. The molecule has 19 heavy (non-hydrogen) atoms. The Morgan fingerprint density at radius 1 is 1.32 bits per heavy atom. The number of aromatic nitrogens is 2. The Morgan fingerprint density at radius 3 is 3.00 bits per heavy atom. The average Bonchev–Trinajstić information content (AvgIpc) is 2.96. The van der Waals surface area contributed by atoms with Gasteiger partial charge in [-0.05, 0) is 50.3 Å². The summed E-state index contributed by atoms with van der Waals surface area (Å²) in [7, 11) is 0. The van der Waals surface area contributed by atoms with Crippen LogP contribution in [0.2, 0.25) is 0 Å². The van der Waals surface area contributed by atoms with Crippen LogP contribution in [0.15, 0.2) is 18.2 Å². The molecule has 2 N–H and O–H groups in total. The van der Waals surface area contributed by atoms with Gasteiger partial charge in [0.25, 0.3) is 5.91 Å². The van der Waals surface area contributed by atoms with Gasteiger partial charge in [0.1, 0.15) is 0 Å². The van der Waals surface area contributed by atoms with E-state index in [9.17, 15) is 4.79 Å². The Kier molecular flexibility index (Phi) is 2.85. The van der Waals surface area contributed by atoms with Gasteiger partial charge in [0.15, 0.2) is 5.69 Å². The lowest BCUT2D eigenvalue weighted by Crippen LogP contribution is -2.15. The highest BCUT2D eigenvalue weighted by Gasteiger charge is 2.23. The van der Waals surface area contributed by atoms with Crippen molar-refractivity contribution in [1.29, 1.82) is 0 Å². The number of nitrogens with one attached hydrogen (secondary N) is 2. The predicted molar refractivity (Wildman–Crippen MR) is 74.5 cm³/mol. The van der Waals surface area contributed by atoms with Crippen molar-refractivity contribution in [3.8, 4) is 0 Å². The number of hydrogen-bond acceptors (Lipinski definition) is 2. The standard InChI is InChI=1S/C15H17N3O/c1-9-5-3-7-12(10(9)2)16-15(19)14-11-6-4-8-13(11)17-18-14/h3,5,7H,4,6,8H2,1-2H3,(H,16,19)(H,17,18). The summed E-state index contributed by atoms with van der Waals surface area (Å²) in [6.07, 6.45) is 3.05. The normalized spacial score (nSPS) is 13.4. The highest BCUT2D eigenvalue weighted by molar-refractivity contribution is 6.04. The second-order valence-electron chi connectivity index (χ2n) is 5.08. The second-order valence-corrected chi connectivity index (χ2v) is 5.08. The van der Waals surface area contributed by atoms with Crippen molar-refractivity contribution in [2.75, 3.05) is 5.32 Å². The number of anilines is 1. The monoisotopic (exact) mass is 255 g/mol. The van der Waals surface area contributed by atoms with Crippen molar-refractivity contribution in [2.45, 2.75) is 33.1 Å². The van der Waals surface area contributed by atoms with Crippen LogP contribution in [-0.4, -0.2) is 16.1 Å². The molecule has 0 unspecified atom stereocenters. The molecule has 1 amide bonds. The molecule has 1 aliphatic carbocycles. The second kappa shape index (κ2) is 4.53. The first-order valence-corrected chi connectivity index (χ1v) is 6.60. The number of carbonyl (C=O) groups is 1. The van der Waals surface area contributed by atoms with E-state index in [1.165, 1.54) is 5.56 Å². The minimum Gasteiger partial charge on any atom is -0.320 e. The van der Waals surface area contributed by atoms with E-state index in [2.05, 4.69) is 15.5 Å². The van der Waals surface area contributed by atoms with Crippen LogP contribution in [0.3, 0.4) is 0 Å². The molecule has 2 aromatic rings. The summed E-state index contributed by atoms with van der Waals surface area (Å²) in [6.45, 7) is 4.05. The van der Waals surface area contributed by atoms with Crippen LogP contribution in [0.5, 0.6) is 0 Å². The molecule has 0 atom stereocenters. The van der Waals surface area contributed by atoms with Crippen molar-refractivity contribution < 1.29 is 4.79 Å². The summed E-state index contributed by atoms with van der Waals surface area (Å²) >= 11 is 0. The van der Waals surface area contributed by atoms with Crippen LogP contribution in [0.4, 0.5) is 5.69 Å². The molecule has 0 bridgehead atoms. The summed E-state index contributed by atoms with van der Waals surface area (Å²) < 4.78 is 0. The minimum absolute atomic E-state index is 0.117. The molecule has 98 valence electrons. The van der Waals surface area contributed by atoms with Gasteiger partial charge in [0.2, 0.25) is 0 Å². The Bertz CT molecular complexity index is 643. The molecule has 4 heteroatoms. The zero-order chi connectivity index (χ0) is 13.4. The molecular formula is C15H17N3O. The SMILES string of the molecule is Cc1cccc(NC(=O)c2n[nH]c3c2CCC3)c1C. The van der Waals surface area contributed by atoms with Gasteiger partial charge >= 0.3 is 0 Å². The van der Waals surface area contributed by atoms with Crippen molar-refractivity contribution >= 4 is 11.6 Å². The van der Waals surface area contributed by atoms with Gasteiger partial charge in [0, 0.05) is 16.9 Å². The number of benzene rings is 1. The molecule has 0 spiro atoms. The average molecular weight is 255 g/mol. The molecule has 1 aromatic heterocycles. The van der Waals surface area contributed by atoms with Gasteiger partial charge in [-0.1, -0.05) is 12.1 Å². The third-order valence-electron chi connectivity index (χ3n) is 3.87. The highest BCUT2D eigenvalue weighted by atomic mass is 16.1. The number of aryl methyl sites for hydroxylation is 2. The molecule has 1 aliphatic rings. The van der Waals surface area contributed by atoms with E-state index in [0.29, 0.717) is 5.69 Å². The van der Waals surface area contributed by atoms with Crippen LogP contribution in [0, 0.1) is 13.8 Å². The largest absolute Gasteiger partial charge is 0.320 e. The van der Waals surface area contributed by atoms with Gasteiger partial charge in [-0.3, -0.25) is 9.89 Å². The maximum Gasteiger partial charge on any atom is 0.276 e. The van der Waals surface area contributed by atoms with Crippen LogP contribution in [0.1, 0.15) is 39.3 Å². The number of hydrogen-bond donors (Lipinski definition) is 2. The van der Waals surface area contributed by atoms with Crippen molar-refractivity contribution in [2.24, 2.45) is 0 Å². The van der Waals surface area contributed by atoms with Gasteiger partial charge in [-0.25, -0.2) is 0 Å². The smallest absolute Gasteiger partial charge is 0.276 e. The first kappa shape index (κ1) is 12.0. The summed E-state index contributed by atoms with van der Waals surface area (Å²) in [5, 5.41) is 10.1. The topological polar surface area (TPSA) is 57.8 Å². The van der Waals surface area contributed by atoms with Gasteiger partial charge in [0.05, 0.1) is 0 Å². The van der Waals surface area contributed by atoms with Crippen LogP contribution in [0.25, 0.3) is 0 Å². The van der Waals surface area contributed by atoms with Crippen LogP contribution in [-0.2, 0) is 12.8 Å². The molecule has 0 aliphatic heterocycles. The zero-order valence-electron chi connectivity index (χ0n) is 11.2. The van der Waals surface area contributed by atoms with Crippen molar-refractivity contribution in [3.05, 3.63) is 46.3 Å². The minimum atomic E-state index is -0.117. The number of aromatic amines is 1. The molecule has 0 fully saturated rings. The first-order valence-electron chi connectivity index (χ1n) is 6.60. The fourth-order valence-electron chi connectivity index (χ4n) is 2.58. The van der Waals surface area contributed by atoms with E-state index in [-0.39, 0.29) is 5.91 Å². The van der Waals surface area contributed by atoms with E-state index in [1.54, 1.807) is 0 Å². The molecule has 0 saturated heterocycles. The quantitative estimate of drug-likeness (QED) is 0.867. The first-order chi connectivity index (χ1) is 9.16. The third-order valence-corrected chi connectivity index (χ3v) is 3.87. The fraction of sp³-hybridized carbons (Fsp3) is 0.333. The lowest BCUT2D eigenvalue weighted by Gasteiger charge is -2.09. The zero-order valence-corrected chi connectivity index (χ0v) is 11.2. The lowest BCUT2D eigenvalue weighted by atomic mass is 10.1. The van der Waals surface area contributed by atoms with Crippen LogP contribution < -0.4 is 5.32 Å². The fourth-order valence-corrected chi connectivity index (χ4v) is 2.58. The van der Waals surface area contributed by atoms with E-state index >= 15 is 0 Å². The van der Waals surface area contributed by atoms with Gasteiger partial charge < -0.3 is 5.32 Å². The van der Waals surface area contributed by atoms with E-state index in [4.69, 9.17) is 0 Å². The number of nitrogens with zero attached hydrogens (tertiary/aromatic N) is 1. The lowest BCUT2D eigenvalue weighted by molar-refractivity contribution is 0.102. The Hall–Kier alpha value is -2.10. The van der Waals surface area contributed by atoms with E-state index in [0.717, 1.165) is 41.8 Å². The van der Waals surface area contributed by atoms with Crippen molar-refractivity contribution in [3.63, 3.8) is 0 Å². The number of H-pyrrole nitrogens is 1. The Morgan fingerprint density at radius 2 is 2.16 bits per heavy atom. The molecule has 4 nitrogen and oxygen atoms in total. The summed E-state index contributed by atoms with van der Waals surface area (Å²) in [4.78, 5) is 12.3. The molecule has 0 radical (unpaired) electrons. The maximum absolute atomic E-state index is 12.3. The maximum atomic E-state index is 12.3. The predicted octanol–water partition coefficient (Wildman–Crippen LogP) is 2.77. The van der Waals surface area contributed by atoms with Gasteiger partial charge in [-0.15, -0.1) is 0 Å². The van der Waals surface area contributed by atoms with E-state index in [1.807, 2.05) is 32.0 Å². The van der Waals surface area contributed by atoms with Crippen molar-refractivity contribution in [1.82, 2.24) is 10.2 Å². The Labute approximate surface area is 112 Å². The van der Waals surface area contributed by atoms with Crippen LogP contribution >= 0.6 is 0 Å². The van der Waals surface area contributed by atoms with Gasteiger partial charge in [-0.2, -0.15) is 5.10 Å². The third kappa shape index (κ3) is 2.03. The number of fused-ring (bicyclic) bond motifs is 1. The van der Waals surface area contributed by atoms with E-state index < -0.39 is 0 Å². The number of amides is 1. The Balaban J connectivity index is 1.87. The number of rotatable bonds is 2. The molecule has 1 heterocycles.